The molecule has 0 aromatic carbocycles. The van der Waals surface area contributed by atoms with E-state index >= 15 is 0 Å². The van der Waals surface area contributed by atoms with Crippen molar-refractivity contribution in [3.8, 4) is 0 Å². The molecule has 0 aliphatic carbocycles. The molecule has 1 aromatic heterocycles. The van der Waals surface area contributed by atoms with Crippen LogP contribution in [-0.2, 0) is 14.8 Å². The van der Waals surface area contributed by atoms with Crippen LogP contribution in [0.1, 0.15) is 6.92 Å². The van der Waals surface area contributed by atoms with Gasteiger partial charge < -0.3 is 10.1 Å². The highest BCUT2D eigenvalue weighted by Crippen LogP contribution is 2.36. The van der Waals surface area contributed by atoms with E-state index in [2.05, 4.69) is 10.1 Å². The molecule has 1 saturated heterocycles. The lowest BCUT2D eigenvalue weighted by atomic mass is 10.5. The smallest absolute Gasteiger partial charge is 0.304 e. The van der Waals surface area contributed by atoms with Crippen LogP contribution < -0.4 is 10.1 Å². The summed E-state index contributed by atoms with van der Waals surface area (Å²) in [5, 5.41) is 15.5. The van der Waals surface area contributed by atoms with Crippen LogP contribution >= 0.6 is 11.3 Å². The van der Waals surface area contributed by atoms with Crippen molar-refractivity contribution in [2.75, 3.05) is 38.2 Å². The maximum Gasteiger partial charge on any atom is 0.304 e. The van der Waals surface area contributed by atoms with E-state index in [-0.39, 0.29) is 14.9 Å². The van der Waals surface area contributed by atoms with Crippen molar-refractivity contribution in [3.05, 3.63) is 16.2 Å². The molecule has 21 heavy (non-hydrogen) atoms. The molecule has 0 unspecified atom stereocenters. The third kappa shape index (κ3) is 3.89. The van der Waals surface area contributed by atoms with E-state index in [0.29, 0.717) is 32.8 Å². The number of morpholine rings is 1. The molecule has 1 fully saturated rings. The Bertz CT molecular complexity index is 609. The Balaban J connectivity index is 2.22. The average Bonchev–Trinajstić information content (AvgIpc) is 2.85. The Hall–Kier alpha value is -1.27. The van der Waals surface area contributed by atoms with Crippen molar-refractivity contribution in [1.29, 1.82) is 0 Å². The molecule has 0 bridgehead atoms. The molecule has 1 aliphatic heterocycles. The molecule has 9 nitrogen and oxygen atoms in total. The van der Waals surface area contributed by atoms with Gasteiger partial charge in [0, 0.05) is 25.7 Å². The zero-order chi connectivity index (χ0) is 15.5. The lowest BCUT2D eigenvalue weighted by Crippen LogP contribution is -2.48. The molecule has 1 aliphatic rings. The van der Waals surface area contributed by atoms with Crippen LogP contribution in [0.5, 0.6) is 0 Å². The van der Waals surface area contributed by atoms with Crippen LogP contribution in [0, 0.1) is 10.1 Å². The summed E-state index contributed by atoms with van der Waals surface area (Å²) in [5.41, 5.74) is -0.232. The van der Waals surface area contributed by atoms with Gasteiger partial charge in [-0.1, -0.05) is 11.3 Å². The highest BCUT2D eigenvalue weighted by Gasteiger charge is 2.27. The summed E-state index contributed by atoms with van der Waals surface area (Å²) in [6, 6.07) is 1.07. The molecule has 0 radical (unpaired) electrons. The number of hydrogen-bond acceptors (Lipinski definition) is 8. The van der Waals surface area contributed by atoms with Gasteiger partial charge in [-0.15, -0.1) is 4.83 Å². The fraction of sp³-hybridized carbons (Fsp3) is 0.600. The zero-order valence-corrected chi connectivity index (χ0v) is 13.0. The van der Waals surface area contributed by atoms with Crippen molar-refractivity contribution in [3.63, 3.8) is 0 Å². The number of rotatable bonds is 6. The minimum absolute atomic E-state index is 0.0864. The summed E-state index contributed by atoms with van der Waals surface area (Å²) in [7, 11) is -3.82. The van der Waals surface area contributed by atoms with Gasteiger partial charge in [0.1, 0.15) is 4.21 Å². The first-order valence-electron chi connectivity index (χ1n) is 6.31. The van der Waals surface area contributed by atoms with E-state index in [1.807, 2.05) is 0 Å². The van der Waals surface area contributed by atoms with Gasteiger partial charge in [-0.25, -0.2) is 13.4 Å². The van der Waals surface area contributed by atoms with Gasteiger partial charge in [-0.05, 0) is 6.92 Å². The molecule has 2 N–H and O–H groups in total. The van der Waals surface area contributed by atoms with Crippen LogP contribution in [0.3, 0.4) is 0 Å². The van der Waals surface area contributed by atoms with Gasteiger partial charge in [0.15, 0.2) is 5.00 Å². The van der Waals surface area contributed by atoms with E-state index in [1.54, 1.807) is 6.92 Å². The minimum atomic E-state index is -3.82. The number of nitrogens with zero attached hydrogens (tertiary/aromatic N) is 2. The van der Waals surface area contributed by atoms with Gasteiger partial charge >= 0.3 is 5.69 Å². The van der Waals surface area contributed by atoms with E-state index in [0.717, 1.165) is 17.4 Å². The molecular formula is C10H16N4O5S2. The molecule has 0 amide bonds. The number of hydrazine groups is 1. The van der Waals surface area contributed by atoms with Crippen molar-refractivity contribution in [2.45, 2.75) is 11.1 Å². The molecule has 2 heterocycles. The molecule has 0 spiro atoms. The first-order chi connectivity index (χ1) is 9.94. The highest BCUT2D eigenvalue weighted by atomic mass is 32.2. The van der Waals surface area contributed by atoms with Crippen molar-refractivity contribution in [1.82, 2.24) is 9.84 Å². The van der Waals surface area contributed by atoms with E-state index in [4.69, 9.17) is 4.74 Å². The number of sulfonamides is 1. The Morgan fingerprint density at radius 2 is 2.14 bits per heavy atom. The number of anilines is 1. The summed E-state index contributed by atoms with van der Waals surface area (Å²) < 4.78 is 29.6. The average molecular weight is 336 g/mol. The Morgan fingerprint density at radius 1 is 1.48 bits per heavy atom. The monoisotopic (exact) mass is 336 g/mol. The maximum absolute atomic E-state index is 12.3. The predicted octanol–water partition coefficient (Wildman–Crippen LogP) is 0.614. The van der Waals surface area contributed by atoms with Crippen LogP contribution in [0.2, 0.25) is 0 Å². The van der Waals surface area contributed by atoms with Gasteiger partial charge in [-0.2, -0.15) is 0 Å². The lowest BCUT2D eigenvalue weighted by molar-refractivity contribution is -0.383. The Morgan fingerprint density at radius 3 is 2.71 bits per heavy atom. The summed E-state index contributed by atoms with van der Waals surface area (Å²) in [6.07, 6.45) is 0. The van der Waals surface area contributed by atoms with Gasteiger partial charge in [-0.3, -0.25) is 10.1 Å². The molecule has 1 aromatic rings. The second kappa shape index (κ2) is 6.66. The number of nitro groups is 1. The Kier molecular flexibility index (Phi) is 5.11. The van der Waals surface area contributed by atoms with E-state index < -0.39 is 14.9 Å². The summed E-state index contributed by atoms with van der Waals surface area (Å²) in [4.78, 5) is 12.8. The molecule has 0 atom stereocenters. The number of nitrogens with one attached hydrogen (secondary N) is 2. The molecule has 2 rings (SSSR count). The summed E-state index contributed by atoms with van der Waals surface area (Å²) >= 11 is 0.847. The Labute approximate surface area is 126 Å². The SMILES string of the molecule is CCNc1sc(S(=O)(=O)NN2CCOCC2)cc1[N+](=O)[O-]. The van der Waals surface area contributed by atoms with E-state index in [1.165, 1.54) is 5.01 Å². The lowest BCUT2D eigenvalue weighted by Gasteiger charge is -2.26. The third-order valence-corrected chi connectivity index (χ3v) is 5.68. The molecule has 0 saturated carbocycles. The van der Waals surface area contributed by atoms with Crippen molar-refractivity contribution >= 4 is 32.0 Å². The topological polar surface area (TPSA) is 114 Å². The second-order valence-electron chi connectivity index (χ2n) is 4.26. The number of thiophene rings is 1. The summed E-state index contributed by atoms with van der Waals surface area (Å²) in [5.74, 6) is 0. The quantitative estimate of drug-likeness (QED) is 0.578. The molecular weight excluding hydrogens is 320 g/mol. The molecule has 11 heteroatoms. The van der Waals surface area contributed by atoms with E-state index in [9.17, 15) is 18.5 Å². The first-order valence-corrected chi connectivity index (χ1v) is 8.61. The standard InChI is InChI=1S/C10H16N4O5S2/c1-2-11-10-8(14(15)16)7-9(20-10)21(17,18)12-13-3-5-19-6-4-13/h7,11-12H,2-6H2,1H3. The van der Waals surface area contributed by atoms with Crippen molar-refractivity contribution in [2.24, 2.45) is 0 Å². The number of ether oxygens (including phenoxy) is 1. The largest absolute Gasteiger partial charge is 0.379 e. The molecule has 118 valence electrons. The first kappa shape index (κ1) is 16.1. The normalized spacial score (nSPS) is 16.8. The van der Waals surface area contributed by atoms with Crippen LogP contribution in [0.25, 0.3) is 0 Å². The predicted molar refractivity (Wildman–Crippen MR) is 77.9 cm³/mol. The van der Waals surface area contributed by atoms with Crippen LogP contribution in [0.4, 0.5) is 10.7 Å². The van der Waals surface area contributed by atoms with Gasteiger partial charge in [0.05, 0.1) is 18.1 Å². The van der Waals surface area contributed by atoms with Gasteiger partial charge in [0.2, 0.25) is 0 Å². The highest BCUT2D eigenvalue weighted by molar-refractivity contribution is 7.91. The second-order valence-corrected chi connectivity index (χ2v) is 7.20. The fourth-order valence-corrected chi connectivity index (χ4v) is 4.29. The zero-order valence-electron chi connectivity index (χ0n) is 11.4. The van der Waals surface area contributed by atoms with Crippen LogP contribution in [0.15, 0.2) is 10.3 Å². The summed E-state index contributed by atoms with van der Waals surface area (Å²) in [6.45, 7) is 4.01. The van der Waals surface area contributed by atoms with Gasteiger partial charge in [0.25, 0.3) is 10.0 Å². The minimum Gasteiger partial charge on any atom is -0.379 e. The fourth-order valence-electron chi connectivity index (χ4n) is 1.78. The maximum atomic E-state index is 12.3. The third-order valence-electron chi connectivity index (χ3n) is 2.75. The number of hydrogen-bond donors (Lipinski definition) is 2. The van der Waals surface area contributed by atoms with Crippen molar-refractivity contribution < 1.29 is 18.1 Å². The van der Waals surface area contributed by atoms with Crippen LogP contribution in [-0.4, -0.2) is 51.2 Å².